The zero-order valence-electron chi connectivity index (χ0n) is 25.1. The van der Waals surface area contributed by atoms with Crippen molar-refractivity contribution in [1.29, 1.82) is 0 Å². The van der Waals surface area contributed by atoms with E-state index in [1.807, 2.05) is 6.07 Å². The summed E-state index contributed by atoms with van der Waals surface area (Å²) in [6, 6.07) is 5.81. The summed E-state index contributed by atoms with van der Waals surface area (Å²) in [5, 5.41) is 20.9. The van der Waals surface area contributed by atoms with Crippen LogP contribution in [0.5, 0.6) is 5.75 Å². The van der Waals surface area contributed by atoms with E-state index in [0.717, 1.165) is 69.8 Å². The van der Waals surface area contributed by atoms with Gasteiger partial charge >= 0.3 is 12.1 Å². The lowest BCUT2D eigenvalue weighted by Gasteiger charge is -2.52. The van der Waals surface area contributed by atoms with Crippen LogP contribution in [0.4, 0.5) is 22.0 Å². The number of unbranched alkanes of at least 4 members (excludes halogenated alkanes) is 6. The van der Waals surface area contributed by atoms with Crippen molar-refractivity contribution in [3.63, 3.8) is 0 Å². The van der Waals surface area contributed by atoms with Crippen LogP contribution < -0.4 is 0 Å². The Kier molecular flexibility index (Phi) is 10.6. The minimum Gasteiger partial charge on any atom is -0.508 e. The molecule has 2 saturated carbocycles. The van der Waals surface area contributed by atoms with Crippen molar-refractivity contribution in [2.45, 2.75) is 121 Å². The second kappa shape index (κ2) is 13.4. The Balaban J connectivity index is 1.19. The maximum atomic E-state index is 13.0. The minimum atomic E-state index is -5.66. The molecule has 1 aromatic rings. The van der Waals surface area contributed by atoms with Gasteiger partial charge in [0.2, 0.25) is 0 Å². The summed E-state index contributed by atoms with van der Waals surface area (Å²) in [7, 11) is -3.65. The lowest BCUT2D eigenvalue weighted by atomic mass is 9.52. The number of aliphatic hydroxyl groups is 1. The van der Waals surface area contributed by atoms with Crippen LogP contribution >= 0.6 is 0 Å². The number of hydrogen-bond acceptors (Lipinski definition) is 4. The fraction of sp³-hybridized carbons (Fsp3) is 0.758. The summed E-state index contributed by atoms with van der Waals surface area (Å²) in [6.45, 7) is 6.57. The summed E-state index contributed by atoms with van der Waals surface area (Å²) in [5.74, 6) is -3.61. The van der Waals surface area contributed by atoms with Gasteiger partial charge in [-0.05, 0) is 103 Å². The molecule has 4 nitrogen and oxygen atoms in total. The molecule has 1 aromatic carbocycles. The minimum absolute atomic E-state index is 0.0329. The highest BCUT2D eigenvalue weighted by Crippen LogP contribution is 2.64. The predicted octanol–water partition coefficient (Wildman–Crippen LogP) is 8.51. The first kappa shape index (κ1) is 34.2. The van der Waals surface area contributed by atoms with Crippen molar-refractivity contribution in [3.05, 3.63) is 41.5 Å². The average Bonchev–Trinajstić information content (AvgIpc) is 3.14. The lowest BCUT2D eigenvalue weighted by Crippen LogP contribution is -2.44. The third-order valence-electron chi connectivity index (χ3n) is 10.8. The van der Waals surface area contributed by atoms with Gasteiger partial charge in [0.15, 0.2) is 0 Å². The third-order valence-corrected chi connectivity index (χ3v) is 12.6. The number of phenols is 1. The van der Waals surface area contributed by atoms with Gasteiger partial charge in [-0.1, -0.05) is 58.1 Å². The first-order valence-electron chi connectivity index (χ1n) is 15.9. The molecule has 4 rings (SSSR count). The highest BCUT2D eigenvalue weighted by molar-refractivity contribution is 7.91. The molecule has 10 heteroatoms. The molecule has 2 fully saturated rings. The number of rotatable bonds is 14. The maximum Gasteiger partial charge on any atom is 0.453 e. The first-order chi connectivity index (χ1) is 20.1. The van der Waals surface area contributed by atoms with Gasteiger partial charge in [-0.3, -0.25) is 0 Å². The predicted molar refractivity (Wildman–Crippen MR) is 158 cm³/mol. The van der Waals surface area contributed by atoms with E-state index < -0.39 is 46.6 Å². The van der Waals surface area contributed by atoms with Crippen molar-refractivity contribution >= 4 is 9.84 Å². The SMILES string of the molecule is C=C1[C@H](O)CC2C3C(CC[C@]12C)c1ccc(O)cc1C[C@H]3CCCCCCCCCS(=O)(=O)CCCC(F)(F)C(F)(F)F. The number of fused-ring (bicyclic) bond motifs is 5. The summed E-state index contributed by atoms with van der Waals surface area (Å²) >= 11 is 0. The number of aliphatic hydroxyl groups excluding tert-OH is 1. The van der Waals surface area contributed by atoms with Crippen molar-refractivity contribution in [1.82, 2.24) is 0 Å². The Morgan fingerprint density at radius 1 is 0.977 bits per heavy atom. The molecular weight excluding hydrogens is 587 g/mol. The van der Waals surface area contributed by atoms with Gasteiger partial charge in [-0.15, -0.1) is 0 Å². The highest BCUT2D eigenvalue weighted by atomic mass is 32.2. The van der Waals surface area contributed by atoms with E-state index in [4.69, 9.17) is 0 Å². The van der Waals surface area contributed by atoms with Crippen molar-refractivity contribution in [2.24, 2.45) is 23.2 Å². The summed E-state index contributed by atoms with van der Waals surface area (Å²) in [5.41, 5.74) is 3.56. The molecule has 0 saturated heterocycles. The molecule has 0 bridgehead atoms. The zero-order valence-corrected chi connectivity index (χ0v) is 26.0. The fourth-order valence-electron chi connectivity index (χ4n) is 8.35. The number of halogens is 5. The van der Waals surface area contributed by atoms with Gasteiger partial charge < -0.3 is 10.2 Å². The van der Waals surface area contributed by atoms with Crippen LogP contribution in [-0.2, 0) is 16.3 Å². The van der Waals surface area contributed by atoms with Gasteiger partial charge in [-0.25, -0.2) is 8.42 Å². The average molecular weight is 635 g/mol. The van der Waals surface area contributed by atoms with E-state index in [1.165, 1.54) is 11.1 Å². The van der Waals surface area contributed by atoms with E-state index in [-0.39, 0.29) is 11.2 Å². The normalized spacial score (nSPS) is 29.3. The highest BCUT2D eigenvalue weighted by Gasteiger charge is 2.57. The molecule has 2 N–H and O–H groups in total. The topological polar surface area (TPSA) is 74.6 Å². The second-order valence-electron chi connectivity index (χ2n) is 13.6. The Labute approximate surface area is 253 Å². The van der Waals surface area contributed by atoms with Crippen LogP contribution in [0.1, 0.15) is 107 Å². The lowest BCUT2D eigenvalue weighted by molar-refractivity contribution is -0.284. The van der Waals surface area contributed by atoms with Crippen LogP contribution in [-0.4, -0.2) is 48.3 Å². The van der Waals surface area contributed by atoms with E-state index in [2.05, 4.69) is 19.6 Å². The van der Waals surface area contributed by atoms with Crippen LogP contribution in [0.3, 0.4) is 0 Å². The number of alkyl halides is 5. The van der Waals surface area contributed by atoms with E-state index in [9.17, 15) is 40.6 Å². The number of sulfone groups is 1. The van der Waals surface area contributed by atoms with Crippen LogP contribution in [0, 0.1) is 23.2 Å². The largest absolute Gasteiger partial charge is 0.508 e. The quantitative estimate of drug-likeness (QED) is 0.122. The Bertz CT molecular complexity index is 1230. The molecule has 0 heterocycles. The van der Waals surface area contributed by atoms with E-state index in [1.54, 1.807) is 6.07 Å². The molecule has 43 heavy (non-hydrogen) atoms. The van der Waals surface area contributed by atoms with Gasteiger partial charge in [0.1, 0.15) is 15.6 Å². The number of phenolic OH excluding ortho intramolecular Hbond substituents is 1. The molecule has 0 aliphatic heterocycles. The second-order valence-corrected chi connectivity index (χ2v) is 15.9. The first-order valence-corrected chi connectivity index (χ1v) is 17.7. The zero-order chi connectivity index (χ0) is 31.6. The molecule has 0 spiro atoms. The van der Waals surface area contributed by atoms with Crippen LogP contribution in [0.2, 0.25) is 0 Å². The van der Waals surface area contributed by atoms with Crippen LogP contribution in [0.25, 0.3) is 0 Å². The monoisotopic (exact) mass is 634 g/mol. The Morgan fingerprint density at radius 3 is 2.28 bits per heavy atom. The van der Waals surface area contributed by atoms with Gasteiger partial charge in [0.25, 0.3) is 0 Å². The number of hydrogen-bond donors (Lipinski definition) is 2. The number of benzene rings is 1. The molecule has 0 aromatic heterocycles. The molecule has 244 valence electrons. The van der Waals surface area contributed by atoms with Gasteiger partial charge in [0, 0.05) is 6.42 Å². The molecule has 3 aliphatic rings. The standard InChI is InChI=1S/C33H47F5O4S/c1-22-29(40)21-28-30-23(19-24-20-25(39)12-13-26(24)27(30)14-16-31(22,28)2)11-8-6-4-3-5-7-9-17-43(41,42)18-10-15-32(34,35)33(36,37)38/h12-13,20,23,27-30,39-40H,1,3-11,14-19,21H2,2H3/t23-,27?,28?,29-,30?,31-/m1/s1. The van der Waals surface area contributed by atoms with E-state index >= 15 is 0 Å². The maximum absolute atomic E-state index is 13.0. The van der Waals surface area contributed by atoms with Gasteiger partial charge in [-0.2, -0.15) is 22.0 Å². The van der Waals surface area contributed by atoms with Crippen LogP contribution in [0.15, 0.2) is 30.4 Å². The number of aromatic hydroxyl groups is 1. The van der Waals surface area contributed by atoms with Crippen molar-refractivity contribution < 1.29 is 40.6 Å². The summed E-state index contributed by atoms with van der Waals surface area (Å²) < 4.78 is 86.8. The summed E-state index contributed by atoms with van der Waals surface area (Å²) in [6.07, 6.45) is 2.58. The van der Waals surface area contributed by atoms with Crippen molar-refractivity contribution in [3.8, 4) is 5.75 Å². The molecule has 3 unspecified atom stereocenters. The smallest absolute Gasteiger partial charge is 0.453 e. The fourth-order valence-corrected chi connectivity index (χ4v) is 9.78. The molecule has 6 atom stereocenters. The molecule has 0 radical (unpaired) electrons. The molecular formula is C33H47F5O4S. The molecule has 3 aliphatic carbocycles. The summed E-state index contributed by atoms with van der Waals surface area (Å²) in [4.78, 5) is 0. The third kappa shape index (κ3) is 7.77. The van der Waals surface area contributed by atoms with Crippen molar-refractivity contribution in [2.75, 3.05) is 11.5 Å². The Hall–Kier alpha value is -1.68. The Morgan fingerprint density at radius 2 is 1.60 bits per heavy atom. The van der Waals surface area contributed by atoms with E-state index in [0.29, 0.717) is 42.3 Å². The molecule has 0 amide bonds. The van der Waals surface area contributed by atoms with Gasteiger partial charge in [0.05, 0.1) is 17.6 Å².